The normalized spacial score (nSPS) is 13.0. The van der Waals surface area contributed by atoms with Crippen LogP contribution in [0.2, 0.25) is 10.0 Å². The van der Waals surface area contributed by atoms with Gasteiger partial charge in [-0.2, -0.15) is 8.42 Å². The number of aromatic nitrogens is 1. The first-order valence-electron chi connectivity index (χ1n) is 6.30. The van der Waals surface area contributed by atoms with Crippen molar-refractivity contribution in [3.05, 3.63) is 57.1 Å². The fourth-order valence-electron chi connectivity index (χ4n) is 2.03. The van der Waals surface area contributed by atoms with Crippen LogP contribution in [0.15, 0.2) is 45.7 Å². The summed E-state index contributed by atoms with van der Waals surface area (Å²) in [4.78, 5) is 0.132. The Balaban J connectivity index is 2.26. The van der Waals surface area contributed by atoms with Gasteiger partial charge in [-0.3, -0.25) is 0 Å². The first-order valence-corrected chi connectivity index (χ1v) is 9.31. The van der Waals surface area contributed by atoms with Gasteiger partial charge in [-0.1, -0.05) is 34.5 Å². The van der Waals surface area contributed by atoms with Gasteiger partial charge in [0.25, 0.3) is 10.0 Å². The molecule has 4 nitrogen and oxygen atoms in total. The van der Waals surface area contributed by atoms with Gasteiger partial charge in [-0.05, 0) is 36.4 Å². The van der Waals surface area contributed by atoms with Crippen molar-refractivity contribution in [2.24, 2.45) is 11.4 Å². The highest BCUT2D eigenvalue weighted by atomic mass is 35.5. The van der Waals surface area contributed by atoms with Crippen LogP contribution in [0.25, 0.3) is 10.2 Å². The minimum atomic E-state index is -3.96. The molecular formula is C14H9Cl2FN2O2S2. The van der Waals surface area contributed by atoms with Crippen molar-refractivity contribution in [1.29, 1.82) is 0 Å². The monoisotopic (exact) mass is 390 g/mol. The van der Waals surface area contributed by atoms with Crippen LogP contribution in [0.4, 0.5) is 4.39 Å². The number of hydrogen-bond donors (Lipinski definition) is 0. The van der Waals surface area contributed by atoms with E-state index >= 15 is 0 Å². The van der Waals surface area contributed by atoms with Gasteiger partial charge < -0.3 is 4.57 Å². The number of halogens is 3. The molecular weight excluding hydrogens is 382 g/mol. The highest BCUT2D eigenvalue weighted by Gasteiger charge is 2.16. The van der Waals surface area contributed by atoms with Gasteiger partial charge in [0, 0.05) is 7.05 Å². The van der Waals surface area contributed by atoms with Gasteiger partial charge in [0.1, 0.15) is 5.82 Å². The van der Waals surface area contributed by atoms with E-state index in [1.165, 1.54) is 12.1 Å². The summed E-state index contributed by atoms with van der Waals surface area (Å²) in [6.45, 7) is 0. The minimum absolute atomic E-state index is 0.0893. The third-order valence-corrected chi connectivity index (χ3v) is 6.45. The van der Waals surface area contributed by atoms with E-state index in [0.29, 0.717) is 20.3 Å². The number of fused-ring (bicyclic) bond motifs is 1. The summed E-state index contributed by atoms with van der Waals surface area (Å²) >= 11 is 13.4. The quantitative estimate of drug-likeness (QED) is 0.664. The molecule has 3 rings (SSSR count). The Morgan fingerprint density at radius 2 is 1.70 bits per heavy atom. The van der Waals surface area contributed by atoms with E-state index in [9.17, 15) is 12.8 Å². The van der Waals surface area contributed by atoms with Crippen LogP contribution in [-0.2, 0) is 17.1 Å². The van der Waals surface area contributed by atoms with E-state index in [-0.39, 0.29) is 9.70 Å². The number of rotatable bonds is 2. The summed E-state index contributed by atoms with van der Waals surface area (Å²) in [6.07, 6.45) is 0. The molecule has 0 atom stereocenters. The van der Waals surface area contributed by atoms with E-state index < -0.39 is 15.8 Å². The lowest BCUT2D eigenvalue weighted by Gasteiger charge is -2.00. The molecule has 0 spiro atoms. The summed E-state index contributed by atoms with van der Waals surface area (Å²) in [5, 5.41) is 0.911. The Hall–Kier alpha value is -1.41. The Kier molecular flexibility index (Phi) is 4.22. The third-order valence-electron chi connectivity index (χ3n) is 3.16. The smallest absolute Gasteiger partial charge is 0.285 e. The second-order valence-corrected chi connectivity index (χ2v) is 8.07. The van der Waals surface area contributed by atoms with E-state index in [2.05, 4.69) is 4.40 Å². The van der Waals surface area contributed by atoms with Crippen LogP contribution in [0.3, 0.4) is 0 Å². The average Bonchev–Trinajstić information content (AvgIpc) is 2.81. The van der Waals surface area contributed by atoms with Crippen molar-refractivity contribution in [3.63, 3.8) is 0 Å². The Morgan fingerprint density at radius 1 is 1.09 bits per heavy atom. The van der Waals surface area contributed by atoms with Gasteiger partial charge in [-0.25, -0.2) is 4.39 Å². The van der Waals surface area contributed by atoms with Gasteiger partial charge >= 0.3 is 0 Å². The molecule has 0 aliphatic rings. The molecule has 23 heavy (non-hydrogen) atoms. The molecule has 3 aromatic rings. The van der Waals surface area contributed by atoms with Gasteiger partial charge in [-0.15, -0.1) is 4.40 Å². The molecule has 0 N–H and O–H groups in total. The van der Waals surface area contributed by atoms with Crippen molar-refractivity contribution in [3.8, 4) is 0 Å². The Labute approximate surface area is 145 Å². The van der Waals surface area contributed by atoms with Gasteiger partial charge in [0.2, 0.25) is 4.80 Å². The molecule has 0 amide bonds. The third kappa shape index (κ3) is 3.01. The number of aryl methyl sites for hydroxylation is 1. The van der Waals surface area contributed by atoms with Gasteiger partial charge in [0.05, 0.1) is 25.2 Å². The summed E-state index contributed by atoms with van der Waals surface area (Å²) in [7, 11) is -2.31. The summed E-state index contributed by atoms with van der Waals surface area (Å²) in [5.74, 6) is -0.519. The van der Waals surface area contributed by atoms with Crippen molar-refractivity contribution in [2.75, 3.05) is 0 Å². The maximum atomic E-state index is 12.9. The zero-order valence-electron chi connectivity index (χ0n) is 11.6. The predicted octanol–water partition coefficient (Wildman–Crippen LogP) is 3.98. The summed E-state index contributed by atoms with van der Waals surface area (Å²) in [6, 6.07) is 7.75. The van der Waals surface area contributed by atoms with Crippen LogP contribution in [0, 0.1) is 5.82 Å². The Bertz CT molecular complexity index is 1070. The number of thiazole rings is 1. The topological polar surface area (TPSA) is 51.4 Å². The average molecular weight is 391 g/mol. The molecule has 1 aromatic heterocycles. The molecule has 2 aromatic carbocycles. The molecule has 1 heterocycles. The fraction of sp³-hybridized carbons (Fsp3) is 0.0714. The highest BCUT2D eigenvalue weighted by molar-refractivity contribution is 7.90. The lowest BCUT2D eigenvalue weighted by molar-refractivity contribution is 0.595. The van der Waals surface area contributed by atoms with Crippen LogP contribution >= 0.6 is 34.5 Å². The number of nitrogens with zero attached hydrogens (tertiary/aromatic N) is 2. The summed E-state index contributed by atoms with van der Waals surface area (Å²) in [5.41, 5.74) is 0.609. The maximum Gasteiger partial charge on any atom is 0.285 e. The molecule has 0 fully saturated rings. The summed E-state index contributed by atoms with van der Waals surface area (Å²) < 4.78 is 43.7. The molecule has 0 saturated heterocycles. The van der Waals surface area contributed by atoms with Crippen molar-refractivity contribution < 1.29 is 12.8 Å². The number of benzene rings is 2. The van der Waals surface area contributed by atoms with Crippen LogP contribution in [0.5, 0.6) is 0 Å². The Morgan fingerprint density at radius 3 is 2.30 bits per heavy atom. The molecule has 0 aliphatic heterocycles. The van der Waals surface area contributed by atoms with Crippen LogP contribution in [0.1, 0.15) is 0 Å². The molecule has 0 radical (unpaired) electrons. The minimum Gasteiger partial charge on any atom is -0.318 e. The molecule has 9 heteroatoms. The molecule has 0 bridgehead atoms. The molecule has 120 valence electrons. The number of hydrogen-bond acceptors (Lipinski definition) is 3. The molecule has 0 unspecified atom stereocenters. The zero-order chi connectivity index (χ0) is 16.8. The van der Waals surface area contributed by atoms with Gasteiger partial charge in [0.15, 0.2) is 0 Å². The molecule has 0 aliphatic carbocycles. The second kappa shape index (κ2) is 5.90. The van der Waals surface area contributed by atoms with E-state index in [4.69, 9.17) is 23.2 Å². The fourth-order valence-corrected chi connectivity index (χ4v) is 4.91. The van der Waals surface area contributed by atoms with E-state index in [1.54, 1.807) is 23.7 Å². The van der Waals surface area contributed by atoms with Crippen LogP contribution < -0.4 is 4.80 Å². The van der Waals surface area contributed by atoms with Crippen molar-refractivity contribution >= 4 is 54.8 Å². The van der Waals surface area contributed by atoms with Crippen LogP contribution in [-0.4, -0.2) is 13.0 Å². The SMILES string of the molecule is Cn1/c(=N/S(=O)(=O)c2ccc(F)cc2)sc2c(Cl)ccc(Cl)c21. The first-order chi connectivity index (χ1) is 10.8. The second-order valence-electron chi connectivity index (χ2n) is 4.67. The van der Waals surface area contributed by atoms with E-state index in [1.807, 2.05) is 0 Å². The zero-order valence-corrected chi connectivity index (χ0v) is 14.8. The predicted molar refractivity (Wildman–Crippen MR) is 90.0 cm³/mol. The van der Waals surface area contributed by atoms with E-state index in [0.717, 1.165) is 23.5 Å². The highest BCUT2D eigenvalue weighted by Crippen LogP contribution is 2.31. The van der Waals surface area contributed by atoms with Crippen molar-refractivity contribution in [2.45, 2.75) is 4.90 Å². The standard InChI is InChI=1S/C14H9Cl2FN2O2S2/c1-19-12-10(15)6-7-11(16)13(12)22-14(19)18-23(20,21)9-4-2-8(17)3-5-9/h2-7H,1H3/b18-14-. The number of sulfonamides is 1. The maximum absolute atomic E-state index is 12.9. The lowest BCUT2D eigenvalue weighted by Crippen LogP contribution is -2.13. The largest absolute Gasteiger partial charge is 0.318 e. The lowest BCUT2D eigenvalue weighted by atomic mass is 10.3. The van der Waals surface area contributed by atoms with Crippen molar-refractivity contribution in [1.82, 2.24) is 4.57 Å². The first kappa shape index (κ1) is 16.4. The molecule has 0 saturated carbocycles.